The second-order valence-electron chi connectivity index (χ2n) is 3.17. The van der Waals surface area contributed by atoms with Crippen molar-refractivity contribution in [3.8, 4) is 11.1 Å². The number of H-pyrrole nitrogens is 1. The van der Waals surface area contributed by atoms with E-state index in [9.17, 15) is 9.59 Å². The molecule has 0 amide bonds. The predicted molar refractivity (Wildman–Crippen MR) is 56.0 cm³/mol. The molecule has 0 unspecified atom stereocenters. The van der Waals surface area contributed by atoms with Gasteiger partial charge in [0, 0.05) is 18.6 Å². The molecular weight excluding hydrogens is 208 g/mol. The maximum absolute atomic E-state index is 11.1. The number of pyridine rings is 1. The van der Waals surface area contributed by atoms with Crippen LogP contribution in [-0.4, -0.2) is 26.8 Å². The van der Waals surface area contributed by atoms with Gasteiger partial charge in [0.05, 0.1) is 5.69 Å². The quantitative estimate of drug-likeness (QED) is 0.599. The number of hydrogen-bond acceptors (Lipinski definition) is 3. The number of ketones is 1. The lowest BCUT2D eigenvalue weighted by Crippen LogP contribution is -2.12. The number of carbonyl (C=O) groups is 2. The average Bonchev–Trinajstić information content (AvgIpc) is 2.78. The van der Waals surface area contributed by atoms with Crippen LogP contribution in [0.2, 0.25) is 0 Å². The largest absolute Gasteiger partial charge is 0.475 e. The Bertz CT molecular complexity index is 531. The van der Waals surface area contributed by atoms with E-state index in [1.165, 1.54) is 6.07 Å². The smallest absolute Gasteiger partial charge is 0.378 e. The summed E-state index contributed by atoms with van der Waals surface area (Å²) in [6.07, 6.45) is 4.84. The molecule has 0 aromatic carbocycles. The highest BCUT2D eigenvalue weighted by atomic mass is 16.4. The number of aromatic amines is 1. The maximum Gasteiger partial charge on any atom is 0.378 e. The molecule has 0 saturated heterocycles. The highest BCUT2D eigenvalue weighted by Gasteiger charge is 2.16. The van der Waals surface area contributed by atoms with Crippen molar-refractivity contribution in [2.45, 2.75) is 0 Å². The molecule has 5 heteroatoms. The molecule has 0 aliphatic rings. The number of aliphatic carboxylic acids is 1. The van der Waals surface area contributed by atoms with Gasteiger partial charge >= 0.3 is 5.97 Å². The first-order valence-corrected chi connectivity index (χ1v) is 4.55. The van der Waals surface area contributed by atoms with Gasteiger partial charge in [-0.05, 0) is 29.3 Å². The Balaban J connectivity index is 2.34. The van der Waals surface area contributed by atoms with Crippen LogP contribution in [0.5, 0.6) is 0 Å². The van der Waals surface area contributed by atoms with Crippen molar-refractivity contribution in [2.24, 2.45) is 0 Å². The van der Waals surface area contributed by atoms with E-state index in [1.54, 1.807) is 30.7 Å². The summed E-state index contributed by atoms with van der Waals surface area (Å²) < 4.78 is 0. The molecule has 16 heavy (non-hydrogen) atoms. The minimum atomic E-state index is -1.47. The fourth-order valence-corrected chi connectivity index (χ4v) is 1.35. The van der Waals surface area contributed by atoms with Gasteiger partial charge in [-0.3, -0.25) is 9.78 Å². The topological polar surface area (TPSA) is 83.0 Å². The van der Waals surface area contributed by atoms with Crippen LogP contribution in [0, 0.1) is 0 Å². The Morgan fingerprint density at radius 1 is 1.19 bits per heavy atom. The molecule has 2 aromatic heterocycles. The van der Waals surface area contributed by atoms with Crippen molar-refractivity contribution in [1.29, 1.82) is 0 Å². The van der Waals surface area contributed by atoms with Gasteiger partial charge in [-0.15, -0.1) is 0 Å². The van der Waals surface area contributed by atoms with Gasteiger partial charge in [0.15, 0.2) is 0 Å². The molecule has 0 fully saturated rings. The first kappa shape index (κ1) is 10.1. The minimum Gasteiger partial charge on any atom is -0.475 e. The van der Waals surface area contributed by atoms with Crippen molar-refractivity contribution < 1.29 is 14.7 Å². The summed E-state index contributed by atoms with van der Waals surface area (Å²) in [5, 5.41) is 8.54. The number of carboxylic acids is 1. The van der Waals surface area contributed by atoms with Crippen LogP contribution in [-0.2, 0) is 4.79 Å². The Morgan fingerprint density at radius 2 is 1.88 bits per heavy atom. The maximum atomic E-state index is 11.1. The molecule has 2 N–H and O–H groups in total. The van der Waals surface area contributed by atoms with E-state index < -0.39 is 11.8 Å². The molecule has 2 aromatic rings. The zero-order valence-electron chi connectivity index (χ0n) is 8.18. The summed E-state index contributed by atoms with van der Waals surface area (Å²) in [5.74, 6) is -2.41. The number of Topliss-reactive ketones (excluding diaryl/α,β-unsaturated/α-hetero) is 1. The third kappa shape index (κ3) is 1.83. The molecule has 5 nitrogen and oxygen atoms in total. The van der Waals surface area contributed by atoms with Gasteiger partial charge in [0.25, 0.3) is 5.78 Å². The van der Waals surface area contributed by atoms with Gasteiger partial charge < -0.3 is 10.1 Å². The highest BCUT2D eigenvalue weighted by molar-refractivity contribution is 6.39. The normalized spacial score (nSPS) is 10.0. The van der Waals surface area contributed by atoms with E-state index >= 15 is 0 Å². The van der Waals surface area contributed by atoms with Crippen LogP contribution in [0.4, 0.5) is 0 Å². The number of nitrogens with zero attached hydrogens (tertiary/aromatic N) is 1. The van der Waals surface area contributed by atoms with Crippen LogP contribution in [0.25, 0.3) is 11.1 Å². The number of carbonyl (C=O) groups excluding carboxylic acids is 1. The second-order valence-corrected chi connectivity index (χ2v) is 3.17. The van der Waals surface area contributed by atoms with E-state index in [-0.39, 0.29) is 5.69 Å². The minimum absolute atomic E-state index is 0.0688. The Labute approximate surface area is 90.8 Å². The molecule has 0 saturated carbocycles. The summed E-state index contributed by atoms with van der Waals surface area (Å²) in [5.41, 5.74) is 1.70. The number of aromatic nitrogens is 2. The third-order valence-corrected chi connectivity index (χ3v) is 2.14. The summed E-state index contributed by atoms with van der Waals surface area (Å²) in [7, 11) is 0. The van der Waals surface area contributed by atoms with E-state index in [2.05, 4.69) is 9.97 Å². The van der Waals surface area contributed by atoms with Gasteiger partial charge in [-0.25, -0.2) is 4.79 Å². The fraction of sp³-hybridized carbons (Fsp3) is 0. The molecule has 2 rings (SSSR count). The highest BCUT2D eigenvalue weighted by Crippen LogP contribution is 2.19. The summed E-state index contributed by atoms with van der Waals surface area (Å²) in [4.78, 5) is 28.1. The fourth-order valence-electron chi connectivity index (χ4n) is 1.35. The first-order valence-electron chi connectivity index (χ1n) is 4.55. The molecule has 0 aliphatic carbocycles. The van der Waals surface area contributed by atoms with Crippen LogP contribution >= 0.6 is 0 Å². The zero-order chi connectivity index (χ0) is 11.5. The molecule has 0 spiro atoms. The van der Waals surface area contributed by atoms with Crippen molar-refractivity contribution in [3.63, 3.8) is 0 Å². The lowest BCUT2D eigenvalue weighted by atomic mass is 10.1. The van der Waals surface area contributed by atoms with Gasteiger partial charge in [-0.1, -0.05) is 0 Å². The molecule has 0 bridgehead atoms. The summed E-state index contributed by atoms with van der Waals surface area (Å²) >= 11 is 0. The molecular formula is C11H8N2O3. The van der Waals surface area contributed by atoms with Crippen LogP contribution in [0.3, 0.4) is 0 Å². The van der Waals surface area contributed by atoms with E-state index in [0.717, 1.165) is 11.1 Å². The predicted octanol–water partition coefficient (Wildman–Crippen LogP) is 1.34. The standard InChI is InChI=1S/C11H8N2O3/c14-10(11(15)16)9-5-8(6-13-9)7-1-3-12-4-2-7/h1-6,13H,(H,15,16). The lowest BCUT2D eigenvalue weighted by molar-refractivity contribution is -0.131. The molecule has 80 valence electrons. The van der Waals surface area contributed by atoms with Gasteiger partial charge in [-0.2, -0.15) is 0 Å². The molecule has 0 radical (unpaired) electrons. The Kier molecular flexibility index (Phi) is 2.51. The van der Waals surface area contributed by atoms with Crippen molar-refractivity contribution >= 4 is 11.8 Å². The monoisotopic (exact) mass is 216 g/mol. The van der Waals surface area contributed by atoms with Gasteiger partial charge in [0.2, 0.25) is 0 Å². The summed E-state index contributed by atoms with van der Waals surface area (Å²) in [6.45, 7) is 0. The van der Waals surface area contributed by atoms with Crippen LogP contribution in [0.15, 0.2) is 36.8 Å². The lowest BCUT2D eigenvalue weighted by Gasteiger charge is -1.93. The number of rotatable bonds is 3. The van der Waals surface area contributed by atoms with Crippen molar-refractivity contribution in [1.82, 2.24) is 9.97 Å². The summed E-state index contributed by atoms with van der Waals surface area (Å²) in [6, 6.07) is 5.06. The van der Waals surface area contributed by atoms with Crippen LogP contribution < -0.4 is 0 Å². The average molecular weight is 216 g/mol. The number of hydrogen-bond donors (Lipinski definition) is 2. The van der Waals surface area contributed by atoms with Crippen LogP contribution in [0.1, 0.15) is 10.5 Å². The second kappa shape index (κ2) is 3.98. The Hall–Kier alpha value is -2.43. The third-order valence-electron chi connectivity index (χ3n) is 2.14. The van der Waals surface area contributed by atoms with E-state index in [4.69, 9.17) is 5.11 Å². The van der Waals surface area contributed by atoms with E-state index in [1.807, 2.05) is 0 Å². The Morgan fingerprint density at radius 3 is 2.50 bits per heavy atom. The molecule has 2 heterocycles. The number of nitrogens with one attached hydrogen (secondary N) is 1. The SMILES string of the molecule is O=C(O)C(=O)c1cc(-c2ccncc2)c[nH]1. The van der Waals surface area contributed by atoms with E-state index in [0.29, 0.717) is 0 Å². The van der Waals surface area contributed by atoms with Gasteiger partial charge in [0.1, 0.15) is 0 Å². The van der Waals surface area contributed by atoms with Crippen molar-refractivity contribution in [2.75, 3.05) is 0 Å². The van der Waals surface area contributed by atoms with Crippen molar-refractivity contribution in [3.05, 3.63) is 42.5 Å². The first-order chi connectivity index (χ1) is 7.68. The molecule has 0 atom stereocenters. The molecule has 0 aliphatic heterocycles. The zero-order valence-corrected chi connectivity index (χ0v) is 8.18. The number of carboxylic acid groups (broad SMARTS) is 1.